The van der Waals surface area contributed by atoms with Gasteiger partial charge in [-0.3, -0.25) is 5.84 Å². The van der Waals surface area contributed by atoms with Crippen LogP contribution in [0.25, 0.3) is 5.43 Å². The minimum Gasteiger partial charge on any atom is -0.454 e. The monoisotopic (exact) mass is 142 g/mol. The summed E-state index contributed by atoms with van der Waals surface area (Å²) in [6.45, 7) is 4.38. The molecule has 2 rings (SSSR count). The van der Waals surface area contributed by atoms with Gasteiger partial charge in [0.2, 0.25) is 11.8 Å². The van der Waals surface area contributed by atoms with Crippen molar-refractivity contribution in [2.45, 2.75) is 25.7 Å². The van der Waals surface area contributed by atoms with E-state index in [0.717, 1.165) is 0 Å². The van der Waals surface area contributed by atoms with Gasteiger partial charge in [-0.1, -0.05) is 13.8 Å². The first-order valence-electron chi connectivity index (χ1n) is 3.68. The van der Waals surface area contributed by atoms with E-state index in [9.17, 15) is 0 Å². The largest absolute Gasteiger partial charge is 0.454 e. The highest BCUT2D eigenvalue weighted by molar-refractivity contribution is 5.14. The summed E-state index contributed by atoms with van der Waals surface area (Å²) in [6, 6.07) is 0. The molecule has 2 fully saturated rings. The van der Waals surface area contributed by atoms with Crippen LogP contribution in [0.3, 0.4) is 0 Å². The van der Waals surface area contributed by atoms with Crippen molar-refractivity contribution in [3.63, 3.8) is 0 Å². The Morgan fingerprint density at radius 2 is 2.30 bits per heavy atom. The fourth-order valence-corrected chi connectivity index (χ4v) is 2.04. The second-order valence-corrected chi connectivity index (χ2v) is 3.40. The number of hydrogen-bond donors (Lipinski definition) is 2. The van der Waals surface area contributed by atoms with Crippen LogP contribution in [0.2, 0.25) is 0 Å². The number of nitrogens with one attached hydrogen (secondary N) is 1. The van der Waals surface area contributed by atoms with Crippen molar-refractivity contribution in [3.05, 3.63) is 5.43 Å². The molecule has 10 heavy (non-hydrogen) atoms. The van der Waals surface area contributed by atoms with Crippen LogP contribution in [0.4, 0.5) is 0 Å². The van der Waals surface area contributed by atoms with Crippen LogP contribution in [-0.4, -0.2) is 23.9 Å². The zero-order valence-corrected chi connectivity index (χ0v) is 6.63. The molecule has 4 atom stereocenters. The molecule has 0 saturated carbocycles. The first kappa shape index (κ1) is 6.54. The summed E-state index contributed by atoms with van der Waals surface area (Å²) in [7, 11) is 1.85. The number of quaternary nitrogens is 1. The number of nitrogens with zero attached hydrogens (tertiary/aromatic N) is 2. The molecule has 2 aliphatic rings. The molecule has 58 valence electrons. The van der Waals surface area contributed by atoms with Gasteiger partial charge in [0.25, 0.3) is 0 Å². The van der Waals surface area contributed by atoms with Crippen molar-refractivity contribution in [3.8, 4) is 0 Å². The Labute approximate surface area is 60.9 Å². The average molecular weight is 142 g/mol. The van der Waals surface area contributed by atoms with Crippen molar-refractivity contribution < 1.29 is 5.01 Å². The molecule has 2 saturated heterocycles. The number of hydrazine groups is 1. The van der Waals surface area contributed by atoms with E-state index in [1.54, 1.807) is 0 Å². The van der Waals surface area contributed by atoms with Gasteiger partial charge >= 0.3 is 0 Å². The van der Waals surface area contributed by atoms with Gasteiger partial charge in [-0.05, 0) is 0 Å². The van der Waals surface area contributed by atoms with Gasteiger partial charge < -0.3 is 10.4 Å². The maximum Gasteiger partial charge on any atom is 0.235 e. The van der Waals surface area contributed by atoms with Crippen LogP contribution in [-0.2, 0) is 0 Å². The zero-order valence-electron chi connectivity index (χ0n) is 6.63. The minimum atomic E-state index is 0.203. The predicted molar refractivity (Wildman–Crippen MR) is 37.6 cm³/mol. The third kappa shape index (κ3) is 0.412. The van der Waals surface area contributed by atoms with E-state index in [2.05, 4.69) is 19.3 Å². The average Bonchev–Trinajstić information content (AvgIpc) is 2.69. The molecular formula is C6H14N4. The lowest BCUT2D eigenvalue weighted by Crippen LogP contribution is -3.03. The summed E-state index contributed by atoms with van der Waals surface area (Å²) in [5.41, 5.74) is 4.37. The standard InChI is InChI=1S/C6H14N4/c1-4(2)6-5(9(6)7)10(6)8-3/h4-5,10H,7H2,1-3H3/t5-,6-,9?/m1/s1. The first-order chi connectivity index (χ1) is 4.67. The molecule has 2 heterocycles. The van der Waals surface area contributed by atoms with Crippen LogP contribution in [0.15, 0.2) is 0 Å². The number of nitrogens with two attached hydrogens (primary N) is 1. The molecule has 0 bridgehead atoms. The first-order valence-corrected chi connectivity index (χ1v) is 3.68. The number of rotatable bonds is 2. The molecule has 0 radical (unpaired) electrons. The third-order valence-corrected chi connectivity index (χ3v) is 2.76. The molecule has 2 unspecified atom stereocenters. The normalized spacial score (nSPS) is 56.7. The Morgan fingerprint density at radius 3 is 2.40 bits per heavy atom. The molecule has 2 aliphatic heterocycles. The van der Waals surface area contributed by atoms with Gasteiger partial charge in [0.05, 0.1) is 0 Å². The van der Waals surface area contributed by atoms with E-state index in [0.29, 0.717) is 12.1 Å². The van der Waals surface area contributed by atoms with Gasteiger partial charge in [-0.2, -0.15) is 0 Å². The summed E-state index contributed by atoms with van der Waals surface area (Å²) in [5.74, 6) is 6.28. The smallest absolute Gasteiger partial charge is 0.235 e. The lowest BCUT2D eigenvalue weighted by atomic mass is 10.1. The predicted octanol–water partition coefficient (Wildman–Crippen LogP) is -1.33. The fraction of sp³-hybridized carbons (Fsp3) is 1.00. The Bertz CT molecular complexity index is 163. The van der Waals surface area contributed by atoms with E-state index in [-0.39, 0.29) is 5.66 Å². The van der Waals surface area contributed by atoms with Crippen LogP contribution >= 0.6 is 0 Å². The topological polar surface area (TPSA) is 47.6 Å². The van der Waals surface area contributed by atoms with Crippen LogP contribution in [0.1, 0.15) is 13.8 Å². The molecular weight excluding hydrogens is 128 g/mol. The van der Waals surface area contributed by atoms with Crippen LogP contribution in [0.5, 0.6) is 0 Å². The maximum absolute atomic E-state index is 5.67. The molecule has 0 spiro atoms. The molecule has 0 aromatic carbocycles. The lowest BCUT2D eigenvalue weighted by molar-refractivity contribution is -0.827. The lowest BCUT2D eigenvalue weighted by Gasteiger charge is -2.25. The third-order valence-electron chi connectivity index (χ3n) is 2.76. The van der Waals surface area contributed by atoms with E-state index in [1.165, 1.54) is 5.01 Å². The zero-order chi connectivity index (χ0) is 7.52. The highest BCUT2D eigenvalue weighted by Gasteiger charge is 2.90. The highest BCUT2D eigenvalue weighted by Crippen LogP contribution is 2.46. The molecule has 3 N–H and O–H groups in total. The van der Waals surface area contributed by atoms with Crippen molar-refractivity contribution in [1.29, 1.82) is 0 Å². The number of fused-ring (bicyclic) bond motifs is 1. The van der Waals surface area contributed by atoms with Crippen molar-refractivity contribution in [2.75, 3.05) is 7.05 Å². The molecule has 4 heteroatoms. The van der Waals surface area contributed by atoms with E-state index in [1.807, 2.05) is 12.1 Å². The summed E-state index contributed by atoms with van der Waals surface area (Å²) >= 11 is 0. The summed E-state index contributed by atoms with van der Waals surface area (Å²) in [5, 5.41) is 3.20. The van der Waals surface area contributed by atoms with Crippen molar-refractivity contribution in [1.82, 2.24) is 5.01 Å². The molecule has 0 aliphatic carbocycles. The molecule has 0 amide bonds. The quantitative estimate of drug-likeness (QED) is 0.371. The van der Waals surface area contributed by atoms with Gasteiger partial charge in [-0.25, -0.2) is 0 Å². The summed E-state index contributed by atoms with van der Waals surface area (Å²) in [4.78, 5) is 0. The molecule has 0 aromatic rings. The van der Waals surface area contributed by atoms with Gasteiger partial charge in [-0.15, -0.1) is 12.1 Å². The van der Waals surface area contributed by atoms with Crippen molar-refractivity contribution >= 4 is 0 Å². The summed E-state index contributed by atoms with van der Waals surface area (Å²) in [6.07, 6.45) is 0.498. The van der Waals surface area contributed by atoms with E-state index >= 15 is 0 Å². The van der Waals surface area contributed by atoms with Gasteiger partial charge in [0.15, 0.2) is 0 Å². The maximum atomic E-state index is 5.67. The molecule has 0 aromatic heterocycles. The Balaban J connectivity index is 2.06. The Kier molecular flexibility index (Phi) is 1.00. The van der Waals surface area contributed by atoms with E-state index in [4.69, 9.17) is 5.84 Å². The van der Waals surface area contributed by atoms with Gasteiger partial charge in [0.1, 0.15) is 0 Å². The van der Waals surface area contributed by atoms with Gasteiger partial charge in [0, 0.05) is 5.92 Å². The highest BCUT2D eigenvalue weighted by atomic mass is 16.0. The fourth-order valence-electron chi connectivity index (χ4n) is 2.04. The number of hydrogen-bond acceptors (Lipinski definition) is 2. The second-order valence-electron chi connectivity index (χ2n) is 3.40. The second kappa shape index (κ2) is 1.53. The Morgan fingerprint density at radius 1 is 1.70 bits per heavy atom. The molecule has 4 nitrogen and oxygen atoms in total. The van der Waals surface area contributed by atoms with Crippen LogP contribution in [0, 0.1) is 5.92 Å². The van der Waals surface area contributed by atoms with Crippen LogP contribution < -0.4 is 10.9 Å². The minimum absolute atomic E-state index is 0.203. The van der Waals surface area contributed by atoms with E-state index < -0.39 is 0 Å². The Hall–Kier alpha value is -0.160. The SMILES string of the molecule is C[N-][NH+]1[C@H]2N(N)[C@@]21C(C)C. The summed E-state index contributed by atoms with van der Waals surface area (Å²) < 4.78 is 0. The van der Waals surface area contributed by atoms with Crippen molar-refractivity contribution in [2.24, 2.45) is 11.8 Å².